The van der Waals surface area contributed by atoms with Gasteiger partial charge in [-0.2, -0.15) is 5.10 Å². The summed E-state index contributed by atoms with van der Waals surface area (Å²) >= 11 is 2.30. The summed E-state index contributed by atoms with van der Waals surface area (Å²) < 4.78 is 3.24. The fraction of sp³-hybridized carbons (Fsp3) is 0.357. The third-order valence-corrected chi connectivity index (χ3v) is 3.81. The van der Waals surface area contributed by atoms with Gasteiger partial charge < -0.3 is 5.32 Å². The normalized spacial score (nSPS) is 16.7. The Hall–Kier alpha value is -0.880. The van der Waals surface area contributed by atoms with Gasteiger partial charge in [-0.3, -0.25) is 4.68 Å². The van der Waals surface area contributed by atoms with Gasteiger partial charge in [-0.25, -0.2) is 0 Å². The molecule has 1 saturated carbocycles. The van der Waals surface area contributed by atoms with Gasteiger partial charge in [-0.15, -0.1) is 0 Å². The predicted molar refractivity (Wildman–Crippen MR) is 80.5 cm³/mol. The lowest BCUT2D eigenvalue weighted by Crippen LogP contribution is -2.28. The Balaban J connectivity index is 1.82. The average molecular weight is 353 g/mol. The molecule has 1 aliphatic rings. The van der Waals surface area contributed by atoms with Crippen molar-refractivity contribution < 1.29 is 0 Å². The van der Waals surface area contributed by atoms with Gasteiger partial charge in [0.2, 0.25) is 0 Å². The highest BCUT2D eigenvalue weighted by Gasteiger charge is 2.23. The van der Waals surface area contributed by atoms with Gasteiger partial charge in [0.05, 0.1) is 15.8 Å². The molecule has 4 heteroatoms. The van der Waals surface area contributed by atoms with Gasteiger partial charge >= 0.3 is 0 Å². The maximum atomic E-state index is 4.46. The molecule has 3 nitrogen and oxygen atoms in total. The van der Waals surface area contributed by atoms with E-state index in [1.807, 2.05) is 6.20 Å². The van der Waals surface area contributed by atoms with Crippen LogP contribution in [0.5, 0.6) is 0 Å². The highest BCUT2D eigenvalue weighted by Crippen LogP contribution is 2.22. The molecule has 1 N–H and O–H groups in total. The standard InChI is InChI=1S/C14H16IN3/c15-12-8-17-18(10-12)14(9-16-13-6-7-13)11-4-2-1-3-5-11/h1-5,8,10,13-14,16H,6-7,9H2. The first-order chi connectivity index (χ1) is 8.83. The molecule has 94 valence electrons. The second-order valence-corrected chi connectivity index (χ2v) is 5.99. The van der Waals surface area contributed by atoms with Crippen LogP contribution in [0.4, 0.5) is 0 Å². The average Bonchev–Trinajstić information content (AvgIpc) is 3.13. The maximum absolute atomic E-state index is 4.46. The molecule has 2 aromatic rings. The van der Waals surface area contributed by atoms with E-state index >= 15 is 0 Å². The molecular weight excluding hydrogens is 337 g/mol. The summed E-state index contributed by atoms with van der Waals surface area (Å²) in [6.07, 6.45) is 6.65. The molecule has 0 amide bonds. The van der Waals surface area contributed by atoms with Crippen LogP contribution in [-0.2, 0) is 0 Å². The van der Waals surface area contributed by atoms with Gasteiger partial charge in [-0.1, -0.05) is 30.3 Å². The largest absolute Gasteiger partial charge is 0.312 e. The Morgan fingerprint density at radius 1 is 1.33 bits per heavy atom. The lowest BCUT2D eigenvalue weighted by Gasteiger charge is -2.18. The Kier molecular flexibility index (Phi) is 3.65. The molecule has 0 spiro atoms. The summed E-state index contributed by atoms with van der Waals surface area (Å²) in [5, 5.41) is 8.06. The van der Waals surface area contributed by atoms with E-state index in [9.17, 15) is 0 Å². The van der Waals surface area contributed by atoms with Crippen molar-refractivity contribution in [2.45, 2.75) is 24.9 Å². The summed E-state index contributed by atoms with van der Waals surface area (Å²) in [5.41, 5.74) is 1.31. The lowest BCUT2D eigenvalue weighted by molar-refractivity contribution is 0.478. The summed E-state index contributed by atoms with van der Waals surface area (Å²) in [7, 11) is 0. The van der Waals surface area contributed by atoms with Crippen LogP contribution in [0, 0.1) is 3.57 Å². The monoisotopic (exact) mass is 353 g/mol. The Bertz CT molecular complexity index is 505. The molecular formula is C14H16IN3. The van der Waals surface area contributed by atoms with Crippen LogP contribution >= 0.6 is 22.6 Å². The molecule has 0 bridgehead atoms. The molecule has 1 aliphatic carbocycles. The third kappa shape index (κ3) is 2.92. The van der Waals surface area contributed by atoms with Crippen molar-refractivity contribution in [3.8, 4) is 0 Å². The molecule has 1 unspecified atom stereocenters. The van der Waals surface area contributed by atoms with Crippen LogP contribution in [-0.4, -0.2) is 22.4 Å². The van der Waals surface area contributed by atoms with Crippen molar-refractivity contribution in [1.29, 1.82) is 0 Å². The first-order valence-corrected chi connectivity index (χ1v) is 7.39. The minimum absolute atomic E-state index is 0.287. The minimum atomic E-state index is 0.287. The second-order valence-electron chi connectivity index (χ2n) is 4.75. The number of nitrogens with zero attached hydrogens (tertiary/aromatic N) is 2. The zero-order valence-electron chi connectivity index (χ0n) is 10.1. The van der Waals surface area contributed by atoms with Gasteiger partial charge in [0.15, 0.2) is 0 Å². The van der Waals surface area contributed by atoms with Gasteiger partial charge in [0, 0.05) is 18.8 Å². The number of halogens is 1. The molecule has 18 heavy (non-hydrogen) atoms. The fourth-order valence-corrected chi connectivity index (χ4v) is 2.50. The summed E-state index contributed by atoms with van der Waals surface area (Å²) in [6, 6.07) is 11.6. The molecule has 1 fully saturated rings. The van der Waals surface area contributed by atoms with Gasteiger partial charge in [-0.05, 0) is 41.0 Å². The van der Waals surface area contributed by atoms with Crippen LogP contribution < -0.4 is 5.32 Å². The van der Waals surface area contributed by atoms with E-state index < -0.39 is 0 Å². The molecule has 1 heterocycles. The number of hydrogen-bond donors (Lipinski definition) is 1. The van der Waals surface area contributed by atoms with Crippen LogP contribution in [0.1, 0.15) is 24.4 Å². The van der Waals surface area contributed by atoms with Gasteiger partial charge in [0.25, 0.3) is 0 Å². The topological polar surface area (TPSA) is 29.9 Å². The maximum Gasteiger partial charge on any atom is 0.0893 e. The van der Waals surface area contributed by atoms with Crippen LogP contribution in [0.3, 0.4) is 0 Å². The Labute approximate surface area is 121 Å². The van der Waals surface area contributed by atoms with E-state index in [2.05, 4.69) is 74.2 Å². The summed E-state index contributed by atoms with van der Waals surface area (Å²) in [5.74, 6) is 0. The number of nitrogens with one attached hydrogen (secondary N) is 1. The summed E-state index contributed by atoms with van der Waals surface area (Å²) in [6.45, 7) is 0.951. The van der Waals surface area contributed by atoms with Crippen molar-refractivity contribution >= 4 is 22.6 Å². The first kappa shape index (κ1) is 12.2. The molecule has 0 radical (unpaired) electrons. The molecule has 0 saturated heterocycles. The van der Waals surface area contributed by atoms with Crippen molar-refractivity contribution in [2.24, 2.45) is 0 Å². The minimum Gasteiger partial charge on any atom is -0.312 e. The van der Waals surface area contributed by atoms with E-state index in [-0.39, 0.29) is 6.04 Å². The number of benzene rings is 1. The van der Waals surface area contributed by atoms with Crippen LogP contribution in [0.25, 0.3) is 0 Å². The summed E-state index contributed by atoms with van der Waals surface area (Å²) in [4.78, 5) is 0. The lowest BCUT2D eigenvalue weighted by atomic mass is 10.1. The quantitative estimate of drug-likeness (QED) is 0.838. The molecule has 3 rings (SSSR count). The predicted octanol–water partition coefficient (Wildman–Crippen LogP) is 2.83. The highest BCUT2D eigenvalue weighted by atomic mass is 127. The first-order valence-electron chi connectivity index (χ1n) is 6.31. The van der Waals surface area contributed by atoms with Crippen LogP contribution in [0.2, 0.25) is 0 Å². The van der Waals surface area contributed by atoms with Crippen molar-refractivity contribution in [3.05, 3.63) is 51.9 Å². The van der Waals surface area contributed by atoms with E-state index in [1.165, 1.54) is 22.0 Å². The zero-order valence-corrected chi connectivity index (χ0v) is 12.2. The van der Waals surface area contributed by atoms with Crippen LogP contribution in [0.15, 0.2) is 42.7 Å². The Morgan fingerprint density at radius 2 is 2.11 bits per heavy atom. The zero-order chi connectivity index (χ0) is 12.4. The molecule has 0 aliphatic heterocycles. The fourth-order valence-electron chi connectivity index (χ4n) is 2.09. The number of rotatable bonds is 5. The van der Waals surface area contributed by atoms with Crippen molar-refractivity contribution in [3.63, 3.8) is 0 Å². The van der Waals surface area contributed by atoms with Gasteiger partial charge in [0.1, 0.15) is 0 Å². The smallest absolute Gasteiger partial charge is 0.0893 e. The van der Waals surface area contributed by atoms with E-state index in [0.717, 1.165) is 12.6 Å². The highest BCUT2D eigenvalue weighted by molar-refractivity contribution is 14.1. The molecule has 1 aromatic carbocycles. The second kappa shape index (κ2) is 5.40. The molecule has 1 atom stereocenters. The third-order valence-electron chi connectivity index (χ3n) is 3.25. The Morgan fingerprint density at radius 3 is 2.72 bits per heavy atom. The van der Waals surface area contributed by atoms with E-state index in [4.69, 9.17) is 0 Å². The van der Waals surface area contributed by atoms with E-state index in [1.54, 1.807) is 0 Å². The van der Waals surface area contributed by atoms with Crippen molar-refractivity contribution in [2.75, 3.05) is 6.54 Å². The number of hydrogen-bond acceptors (Lipinski definition) is 2. The molecule has 1 aromatic heterocycles. The number of aromatic nitrogens is 2. The van der Waals surface area contributed by atoms with E-state index in [0.29, 0.717) is 0 Å². The SMILES string of the molecule is Ic1cnn(C(CNC2CC2)c2ccccc2)c1. The van der Waals surface area contributed by atoms with Crippen molar-refractivity contribution in [1.82, 2.24) is 15.1 Å².